The van der Waals surface area contributed by atoms with E-state index in [4.69, 9.17) is 28.6 Å². The molecule has 1 heterocycles. The zero-order chi connectivity index (χ0) is 22.5. The summed E-state index contributed by atoms with van der Waals surface area (Å²) in [7, 11) is 0. The lowest BCUT2D eigenvalue weighted by Gasteiger charge is -2.16. The molecular weight excluding hydrogens is 464 g/mol. The maximum absolute atomic E-state index is 12.8. The number of nitrogens with zero attached hydrogens (tertiary/aromatic N) is 1. The van der Waals surface area contributed by atoms with E-state index in [2.05, 4.69) is 5.43 Å². The van der Waals surface area contributed by atoms with Gasteiger partial charge in [0.25, 0.3) is 11.8 Å². The third-order valence-electron chi connectivity index (χ3n) is 4.53. The zero-order valence-electron chi connectivity index (χ0n) is 16.7. The molecule has 1 N–H and O–H groups in total. The number of rotatable bonds is 6. The van der Waals surface area contributed by atoms with Crippen molar-refractivity contribution in [3.8, 4) is 5.75 Å². The molecular formula is C24H17ClN2O3S2. The molecule has 0 saturated carbocycles. The van der Waals surface area contributed by atoms with E-state index < -0.39 is 11.8 Å². The third-order valence-corrected chi connectivity index (χ3v) is 6.16. The summed E-state index contributed by atoms with van der Waals surface area (Å²) in [5.41, 5.74) is 4.64. The van der Waals surface area contributed by atoms with E-state index in [0.29, 0.717) is 22.3 Å². The number of nitrogens with one attached hydrogen (secondary N) is 1. The van der Waals surface area contributed by atoms with Gasteiger partial charge < -0.3 is 4.74 Å². The normalized spacial score (nSPS) is 14.7. The minimum Gasteiger partial charge on any atom is -0.489 e. The van der Waals surface area contributed by atoms with E-state index in [9.17, 15) is 9.59 Å². The molecule has 32 heavy (non-hydrogen) atoms. The fraction of sp³-hybridized carbons (Fsp3) is 0.0417. The molecule has 0 unspecified atom stereocenters. The van der Waals surface area contributed by atoms with Gasteiger partial charge in [0.1, 0.15) is 12.4 Å². The van der Waals surface area contributed by atoms with E-state index in [0.717, 1.165) is 27.9 Å². The molecule has 0 bridgehead atoms. The van der Waals surface area contributed by atoms with Gasteiger partial charge in [0, 0.05) is 0 Å². The van der Waals surface area contributed by atoms with Gasteiger partial charge in [-0.2, -0.15) is 5.01 Å². The molecule has 0 radical (unpaired) electrons. The molecule has 0 atom stereocenters. The first-order chi connectivity index (χ1) is 15.5. The number of halogens is 1. The molecule has 0 spiro atoms. The SMILES string of the molecule is O=C(NN1C(=O)/C(=C/c2cccc(OCc3ccccc3)c2)SC1=S)c1ccccc1Cl. The Kier molecular flexibility index (Phi) is 6.90. The summed E-state index contributed by atoms with van der Waals surface area (Å²) >= 11 is 12.5. The molecule has 0 aliphatic carbocycles. The molecule has 3 aromatic carbocycles. The highest BCUT2D eigenvalue weighted by Gasteiger charge is 2.34. The maximum Gasteiger partial charge on any atom is 0.285 e. The van der Waals surface area contributed by atoms with Gasteiger partial charge in [0.2, 0.25) is 0 Å². The molecule has 4 rings (SSSR count). The van der Waals surface area contributed by atoms with Crippen molar-refractivity contribution >= 4 is 57.8 Å². The monoisotopic (exact) mass is 480 g/mol. The van der Waals surface area contributed by atoms with E-state index in [1.807, 2.05) is 54.6 Å². The van der Waals surface area contributed by atoms with Crippen LogP contribution in [0.1, 0.15) is 21.5 Å². The van der Waals surface area contributed by atoms with Crippen LogP contribution in [0.3, 0.4) is 0 Å². The Morgan fingerprint density at radius 2 is 1.81 bits per heavy atom. The summed E-state index contributed by atoms with van der Waals surface area (Å²) in [6.07, 6.45) is 1.72. The highest BCUT2D eigenvalue weighted by atomic mass is 35.5. The number of carbonyl (C=O) groups is 2. The standard InChI is InChI=1S/C24H17ClN2O3S2/c25-20-12-5-4-11-19(20)22(28)26-27-23(29)21(32-24(27)31)14-17-9-6-10-18(13-17)30-15-16-7-2-1-3-8-16/h1-14H,15H2,(H,26,28)/b21-14-. The summed E-state index contributed by atoms with van der Waals surface area (Å²) in [4.78, 5) is 25.8. The number of hydrogen-bond acceptors (Lipinski definition) is 5. The Hall–Kier alpha value is -3.13. The Morgan fingerprint density at radius 3 is 2.59 bits per heavy atom. The highest BCUT2D eigenvalue weighted by Crippen LogP contribution is 2.32. The van der Waals surface area contributed by atoms with Crippen molar-refractivity contribution in [3.63, 3.8) is 0 Å². The summed E-state index contributed by atoms with van der Waals surface area (Å²) < 4.78 is 6.09. The van der Waals surface area contributed by atoms with Gasteiger partial charge in [-0.1, -0.05) is 78.0 Å². The van der Waals surface area contributed by atoms with Crippen molar-refractivity contribution in [2.75, 3.05) is 0 Å². The van der Waals surface area contributed by atoms with Crippen LogP contribution in [-0.2, 0) is 11.4 Å². The first-order valence-electron chi connectivity index (χ1n) is 9.61. The number of thiocarbonyl (C=S) groups is 1. The lowest BCUT2D eigenvalue weighted by Crippen LogP contribution is -2.44. The zero-order valence-corrected chi connectivity index (χ0v) is 19.0. The average molecular weight is 481 g/mol. The van der Waals surface area contributed by atoms with Crippen LogP contribution in [0.25, 0.3) is 6.08 Å². The number of benzene rings is 3. The highest BCUT2D eigenvalue weighted by molar-refractivity contribution is 8.26. The van der Waals surface area contributed by atoms with Crippen molar-refractivity contribution in [2.24, 2.45) is 0 Å². The van der Waals surface area contributed by atoms with Crippen molar-refractivity contribution < 1.29 is 14.3 Å². The van der Waals surface area contributed by atoms with Crippen molar-refractivity contribution in [1.29, 1.82) is 0 Å². The van der Waals surface area contributed by atoms with Gasteiger partial charge >= 0.3 is 0 Å². The smallest absolute Gasteiger partial charge is 0.285 e. The van der Waals surface area contributed by atoms with Crippen LogP contribution in [0.2, 0.25) is 5.02 Å². The van der Waals surface area contributed by atoms with E-state index >= 15 is 0 Å². The topological polar surface area (TPSA) is 58.6 Å². The molecule has 3 aromatic rings. The second kappa shape index (κ2) is 9.99. The quantitative estimate of drug-likeness (QED) is 0.374. The number of ether oxygens (including phenoxy) is 1. The minimum atomic E-state index is -0.510. The van der Waals surface area contributed by atoms with Crippen LogP contribution in [0.4, 0.5) is 0 Å². The lowest BCUT2D eigenvalue weighted by atomic mass is 10.2. The molecule has 160 valence electrons. The minimum absolute atomic E-state index is 0.234. The van der Waals surface area contributed by atoms with Crippen molar-refractivity contribution in [3.05, 3.63) is 105 Å². The number of thioether (sulfide) groups is 1. The van der Waals surface area contributed by atoms with E-state index in [1.54, 1.807) is 30.3 Å². The molecule has 1 aliphatic rings. The predicted octanol–water partition coefficient (Wildman–Crippen LogP) is 5.47. The van der Waals surface area contributed by atoms with Gasteiger partial charge in [-0.15, -0.1) is 0 Å². The number of carbonyl (C=O) groups excluding carboxylic acids is 2. The first-order valence-corrected chi connectivity index (χ1v) is 11.2. The molecule has 2 amide bonds. The number of hydrogen-bond donors (Lipinski definition) is 1. The predicted molar refractivity (Wildman–Crippen MR) is 131 cm³/mol. The molecule has 1 aliphatic heterocycles. The maximum atomic E-state index is 12.8. The van der Waals surface area contributed by atoms with E-state index in [1.165, 1.54) is 0 Å². The van der Waals surface area contributed by atoms with Gasteiger partial charge in [-0.25, -0.2) is 0 Å². The third kappa shape index (κ3) is 5.19. The van der Waals surface area contributed by atoms with Crippen LogP contribution < -0.4 is 10.2 Å². The first kappa shape index (κ1) is 22.1. The fourth-order valence-corrected chi connectivity index (χ4v) is 4.36. The van der Waals surface area contributed by atoms with Crippen molar-refractivity contribution in [1.82, 2.24) is 10.4 Å². The molecule has 0 aromatic heterocycles. The van der Waals surface area contributed by atoms with Crippen molar-refractivity contribution in [2.45, 2.75) is 6.61 Å². The second-order valence-corrected chi connectivity index (χ2v) is 8.87. The summed E-state index contributed by atoms with van der Waals surface area (Å²) in [6.45, 7) is 0.445. The molecule has 5 nitrogen and oxygen atoms in total. The largest absolute Gasteiger partial charge is 0.489 e. The molecule has 1 saturated heterocycles. The van der Waals surface area contributed by atoms with Crippen LogP contribution in [0, 0.1) is 0 Å². The van der Waals surface area contributed by atoms with E-state index in [-0.39, 0.29) is 9.88 Å². The Morgan fingerprint density at radius 1 is 1.06 bits per heavy atom. The van der Waals surface area contributed by atoms with Crippen LogP contribution >= 0.6 is 35.6 Å². The van der Waals surface area contributed by atoms with Gasteiger partial charge in [-0.05, 0) is 53.7 Å². The molecule has 1 fully saturated rings. The number of hydrazine groups is 1. The summed E-state index contributed by atoms with van der Waals surface area (Å²) in [5.74, 6) is -0.231. The Balaban J connectivity index is 1.45. The van der Waals surface area contributed by atoms with Gasteiger partial charge in [0.05, 0.1) is 15.5 Å². The lowest BCUT2D eigenvalue weighted by molar-refractivity contribution is -0.123. The van der Waals surface area contributed by atoms with Crippen LogP contribution in [-0.4, -0.2) is 21.1 Å². The average Bonchev–Trinajstić information content (AvgIpc) is 3.06. The summed E-state index contributed by atoms with van der Waals surface area (Å²) in [6, 6.07) is 23.9. The van der Waals surface area contributed by atoms with Crippen LogP contribution in [0.15, 0.2) is 83.8 Å². The second-order valence-electron chi connectivity index (χ2n) is 6.78. The summed E-state index contributed by atoms with van der Waals surface area (Å²) in [5, 5.41) is 1.35. The molecule has 8 heteroatoms. The van der Waals surface area contributed by atoms with Crippen LogP contribution in [0.5, 0.6) is 5.75 Å². The Bertz CT molecular complexity index is 1210. The van der Waals surface area contributed by atoms with Gasteiger partial charge in [0.15, 0.2) is 4.32 Å². The number of amides is 2. The fourth-order valence-electron chi connectivity index (χ4n) is 2.96. The van der Waals surface area contributed by atoms with Gasteiger partial charge in [-0.3, -0.25) is 15.0 Å². The Labute approximate surface area is 200 Å².